The van der Waals surface area contributed by atoms with Crippen LogP contribution in [0.3, 0.4) is 0 Å². The summed E-state index contributed by atoms with van der Waals surface area (Å²) in [5.74, 6) is 0.610. The summed E-state index contributed by atoms with van der Waals surface area (Å²) in [5.41, 5.74) is 5.89. The summed E-state index contributed by atoms with van der Waals surface area (Å²) in [6, 6.07) is 4.70. The topological polar surface area (TPSA) is 102 Å². The first-order valence-electron chi connectivity index (χ1n) is 8.69. The molecule has 2 atom stereocenters. The molecule has 1 fully saturated rings. The molecule has 8 heteroatoms. The number of nitrogens with zero attached hydrogens (tertiary/aromatic N) is 2. The summed E-state index contributed by atoms with van der Waals surface area (Å²) >= 11 is 0. The van der Waals surface area contributed by atoms with E-state index in [2.05, 4.69) is 24.1 Å². The van der Waals surface area contributed by atoms with E-state index in [1.807, 2.05) is 13.8 Å². The van der Waals surface area contributed by atoms with E-state index < -0.39 is 10.5 Å². The first-order chi connectivity index (χ1) is 11.6. The Morgan fingerprint density at radius 1 is 1.35 bits per heavy atom. The minimum atomic E-state index is -0.567. The van der Waals surface area contributed by atoms with Gasteiger partial charge in [0.05, 0.1) is 4.92 Å². The molecule has 1 amide bonds. The molecule has 0 spiro atoms. The van der Waals surface area contributed by atoms with Gasteiger partial charge in [0.15, 0.2) is 0 Å². The van der Waals surface area contributed by atoms with E-state index in [9.17, 15) is 14.9 Å². The van der Waals surface area contributed by atoms with Crippen LogP contribution in [0.2, 0.25) is 0 Å². The fourth-order valence-corrected chi connectivity index (χ4v) is 3.37. The zero-order valence-electron chi connectivity index (χ0n) is 15.8. The maximum Gasteiger partial charge on any atom is 0.293 e. The molecule has 2 unspecified atom stereocenters. The van der Waals surface area contributed by atoms with Crippen molar-refractivity contribution in [1.82, 2.24) is 5.32 Å². The highest BCUT2D eigenvalue weighted by Crippen LogP contribution is 2.33. The predicted molar refractivity (Wildman–Crippen MR) is 106 cm³/mol. The highest BCUT2D eigenvalue weighted by molar-refractivity contribution is 5.96. The average molecular weight is 385 g/mol. The highest BCUT2D eigenvalue weighted by atomic mass is 35.5. The molecule has 1 aliphatic heterocycles. The number of nitro benzene ring substituents is 1. The van der Waals surface area contributed by atoms with Crippen LogP contribution in [0.4, 0.5) is 11.4 Å². The van der Waals surface area contributed by atoms with Gasteiger partial charge in [-0.1, -0.05) is 13.8 Å². The number of amides is 1. The van der Waals surface area contributed by atoms with Crippen LogP contribution in [-0.4, -0.2) is 36.0 Å². The van der Waals surface area contributed by atoms with Crippen molar-refractivity contribution in [3.63, 3.8) is 0 Å². The molecule has 0 bridgehead atoms. The molecule has 0 aromatic heterocycles. The summed E-state index contributed by atoms with van der Waals surface area (Å²) < 4.78 is 0. The van der Waals surface area contributed by atoms with E-state index in [0.29, 0.717) is 17.5 Å². The van der Waals surface area contributed by atoms with Crippen LogP contribution in [-0.2, 0) is 0 Å². The van der Waals surface area contributed by atoms with Gasteiger partial charge >= 0.3 is 0 Å². The maximum atomic E-state index is 12.4. The molecule has 0 radical (unpaired) electrons. The number of halogens is 1. The van der Waals surface area contributed by atoms with Crippen LogP contribution in [0, 0.1) is 22.0 Å². The summed E-state index contributed by atoms with van der Waals surface area (Å²) in [6.07, 6.45) is 1.12. The van der Waals surface area contributed by atoms with E-state index in [-0.39, 0.29) is 36.1 Å². The van der Waals surface area contributed by atoms with Gasteiger partial charge in [-0.05, 0) is 44.2 Å². The number of nitrogens with two attached hydrogens (primary N) is 1. The van der Waals surface area contributed by atoms with Gasteiger partial charge in [0.25, 0.3) is 11.6 Å². The Labute approximate surface area is 160 Å². The minimum Gasteiger partial charge on any atom is -0.365 e. The number of carbonyl (C=O) groups is 1. The lowest BCUT2D eigenvalue weighted by Crippen LogP contribution is -2.48. The summed E-state index contributed by atoms with van der Waals surface area (Å²) in [4.78, 5) is 25.6. The normalized spacial score (nSPS) is 20.3. The first-order valence-corrected chi connectivity index (χ1v) is 8.69. The molecule has 1 aliphatic rings. The molecule has 26 heavy (non-hydrogen) atoms. The van der Waals surface area contributed by atoms with Crippen LogP contribution in [0.15, 0.2) is 18.2 Å². The van der Waals surface area contributed by atoms with Crippen molar-refractivity contribution in [2.24, 2.45) is 17.6 Å². The molecule has 3 N–H and O–H groups in total. The number of piperidine rings is 1. The number of hydrogen-bond donors (Lipinski definition) is 2. The Morgan fingerprint density at radius 2 is 1.92 bits per heavy atom. The second-order valence-corrected chi connectivity index (χ2v) is 7.85. The summed E-state index contributed by atoms with van der Waals surface area (Å²) in [6.45, 7) is 9.79. The van der Waals surface area contributed by atoms with E-state index in [4.69, 9.17) is 5.73 Å². The Morgan fingerprint density at radius 3 is 2.42 bits per heavy atom. The van der Waals surface area contributed by atoms with Gasteiger partial charge in [-0.3, -0.25) is 14.9 Å². The van der Waals surface area contributed by atoms with Gasteiger partial charge in [0.1, 0.15) is 5.69 Å². The molecule has 146 valence electrons. The van der Waals surface area contributed by atoms with Crippen molar-refractivity contribution in [3.05, 3.63) is 33.9 Å². The third kappa shape index (κ3) is 5.32. The highest BCUT2D eigenvalue weighted by Gasteiger charge is 2.28. The van der Waals surface area contributed by atoms with Crippen LogP contribution >= 0.6 is 12.4 Å². The fraction of sp³-hybridized carbons (Fsp3) is 0.611. The lowest BCUT2D eigenvalue weighted by atomic mass is 9.91. The Hall–Kier alpha value is -1.86. The number of nitrogens with one attached hydrogen (secondary N) is 1. The van der Waals surface area contributed by atoms with Gasteiger partial charge in [-0.15, -0.1) is 12.4 Å². The predicted octanol–water partition coefficient (Wildman–Crippen LogP) is 2.97. The monoisotopic (exact) mass is 384 g/mol. The first kappa shape index (κ1) is 22.2. The third-order valence-electron chi connectivity index (χ3n) is 4.61. The van der Waals surface area contributed by atoms with Crippen LogP contribution in [0.25, 0.3) is 0 Å². The molecule has 7 nitrogen and oxygen atoms in total. The maximum absolute atomic E-state index is 12.4. The van der Waals surface area contributed by atoms with E-state index in [0.717, 1.165) is 19.5 Å². The van der Waals surface area contributed by atoms with Gasteiger partial charge < -0.3 is 16.0 Å². The molecule has 0 saturated carbocycles. The number of carbonyl (C=O) groups excluding carboxylic acids is 1. The largest absolute Gasteiger partial charge is 0.365 e. The number of rotatable bonds is 5. The van der Waals surface area contributed by atoms with Crippen LogP contribution < -0.4 is 16.0 Å². The number of nitro groups is 1. The van der Waals surface area contributed by atoms with Crippen molar-refractivity contribution < 1.29 is 9.72 Å². The van der Waals surface area contributed by atoms with Gasteiger partial charge in [0, 0.05) is 36.8 Å². The average Bonchev–Trinajstić information content (AvgIpc) is 2.52. The fourth-order valence-electron chi connectivity index (χ4n) is 3.37. The van der Waals surface area contributed by atoms with Crippen LogP contribution in [0.1, 0.15) is 44.5 Å². The molecule has 1 aromatic carbocycles. The minimum absolute atomic E-state index is 0. The van der Waals surface area contributed by atoms with E-state index >= 15 is 0 Å². The second kappa shape index (κ2) is 8.68. The molecule has 2 rings (SSSR count). The quantitative estimate of drug-likeness (QED) is 0.600. The molecular weight excluding hydrogens is 356 g/mol. The summed E-state index contributed by atoms with van der Waals surface area (Å²) in [7, 11) is 0. The molecule has 1 aromatic rings. The second-order valence-electron chi connectivity index (χ2n) is 7.85. The Bertz CT molecular complexity index is 656. The standard InChI is InChI=1S/C18H28N4O3.ClH/c1-12-7-13(2)10-21(9-12)15-6-5-14(8-16(15)22(24)25)17(23)20-18(3,4)11-19;/h5-6,8,12-13H,7,9-11,19H2,1-4H3,(H,20,23);1H. The smallest absolute Gasteiger partial charge is 0.293 e. The Kier molecular flexibility index (Phi) is 7.41. The summed E-state index contributed by atoms with van der Waals surface area (Å²) in [5, 5.41) is 14.4. The van der Waals surface area contributed by atoms with Crippen molar-refractivity contribution in [1.29, 1.82) is 0 Å². The molecule has 1 saturated heterocycles. The van der Waals surface area contributed by atoms with Crippen molar-refractivity contribution in [3.8, 4) is 0 Å². The third-order valence-corrected chi connectivity index (χ3v) is 4.61. The zero-order chi connectivity index (χ0) is 18.8. The van der Waals surface area contributed by atoms with Crippen LogP contribution in [0.5, 0.6) is 0 Å². The lowest BCUT2D eigenvalue weighted by molar-refractivity contribution is -0.384. The van der Waals surface area contributed by atoms with E-state index in [1.165, 1.54) is 6.07 Å². The number of benzene rings is 1. The Balaban J connectivity index is 0.00000338. The molecule has 1 heterocycles. The van der Waals surface area contributed by atoms with Gasteiger partial charge in [-0.25, -0.2) is 0 Å². The lowest BCUT2D eigenvalue weighted by Gasteiger charge is -2.36. The molecular formula is C18H29ClN4O3. The van der Waals surface area contributed by atoms with Crippen molar-refractivity contribution in [2.45, 2.75) is 39.7 Å². The van der Waals surface area contributed by atoms with Gasteiger partial charge in [-0.2, -0.15) is 0 Å². The number of anilines is 1. The van der Waals surface area contributed by atoms with Crippen molar-refractivity contribution in [2.75, 3.05) is 24.5 Å². The van der Waals surface area contributed by atoms with Gasteiger partial charge in [0.2, 0.25) is 0 Å². The SMILES string of the molecule is CC1CC(C)CN(c2ccc(C(=O)NC(C)(C)CN)cc2[N+](=O)[O-])C1.Cl. The van der Waals surface area contributed by atoms with E-state index in [1.54, 1.807) is 12.1 Å². The number of hydrogen-bond acceptors (Lipinski definition) is 5. The molecule has 0 aliphatic carbocycles. The van der Waals surface area contributed by atoms with Crippen molar-refractivity contribution >= 4 is 29.7 Å². The zero-order valence-corrected chi connectivity index (χ0v) is 16.6.